The van der Waals surface area contributed by atoms with Crippen LogP contribution in [0.25, 0.3) is 0 Å². The number of hydrogen-bond acceptors (Lipinski definition) is 4. The summed E-state index contributed by atoms with van der Waals surface area (Å²) < 4.78 is 5.40. The Labute approximate surface area is 160 Å². The monoisotopic (exact) mass is 374 g/mol. The van der Waals surface area contributed by atoms with Gasteiger partial charge in [0, 0.05) is 4.90 Å². The maximum Gasteiger partial charge on any atom is 0.318 e. The van der Waals surface area contributed by atoms with E-state index in [9.17, 15) is 9.59 Å². The molecule has 4 nitrogen and oxygen atoms in total. The molecule has 140 valence electrons. The third kappa shape index (κ3) is 7.31. The van der Waals surface area contributed by atoms with E-state index in [1.807, 2.05) is 37.3 Å². The van der Waals surface area contributed by atoms with Crippen LogP contribution in [0.2, 0.25) is 0 Å². The Morgan fingerprint density at radius 1 is 1.04 bits per heavy atom. The molecule has 2 rings (SSSR count). The minimum atomic E-state index is -0.757. The van der Waals surface area contributed by atoms with Gasteiger partial charge in [-0.2, -0.15) is 0 Å². The number of thiol groups is 1. The number of rotatable bonds is 4. The van der Waals surface area contributed by atoms with Crippen LogP contribution < -0.4 is 4.74 Å². The smallest absolute Gasteiger partial charge is 0.318 e. The first kappa shape index (κ1) is 21.8. The Balaban J connectivity index is 0.000000412. The second-order valence-corrected chi connectivity index (χ2v) is 7.36. The average Bonchev–Trinajstić information content (AvgIpc) is 2.58. The van der Waals surface area contributed by atoms with Gasteiger partial charge >= 0.3 is 11.9 Å². The molecule has 0 aliphatic carbocycles. The van der Waals surface area contributed by atoms with Crippen LogP contribution in [-0.4, -0.2) is 17.0 Å². The highest BCUT2D eigenvalue weighted by atomic mass is 32.1. The molecule has 26 heavy (non-hydrogen) atoms. The molecule has 2 aromatic rings. The lowest BCUT2D eigenvalue weighted by atomic mass is 9.97. The summed E-state index contributed by atoms with van der Waals surface area (Å²) in [5.41, 5.74) is 0.404. The largest absolute Gasteiger partial charge is 0.481 e. The summed E-state index contributed by atoms with van der Waals surface area (Å²) in [6.07, 6.45) is 0.716. The van der Waals surface area contributed by atoms with Crippen molar-refractivity contribution in [2.75, 3.05) is 0 Å². The van der Waals surface area contributed by atoms with Gasteiger partial charge in [0.25, 0.3) is 0 Å². The van der Waals surface area contributed by atoms with E-state index in [0.717, 1.165) is 10.5 Å². The first-order valence-corrected chi connectivity index (χ1v) is 8.89. The van der Waals surface area contributed by atoms with E-state index >= 15 is 0 Å². The Bertz CT molecular complexity index is 703. The van der Waals surface area contributed by atoms with E-state index in [2.05, 4.69) is 12.6 Å². The molecule has 0 aliphatic rings. The van der Waals surface area contributed by atoms with Crippen molar-refractivity contribution in [1.82, 2.24) is 0 Å². The molecule has 0 radical (unpaired) electrons. The molecule has 2 aromatic carbocycles. The molecule has 0 heterocycles. The molecule has 0 spiro atoms. The van der Waals surface area contributed by atoms with Gasteiger partial charge in [0.1, 0.15) is 5.75 Å². The third-order valence-corrected chi connectivity index (χ3v) is 3.89. The maximum atomic E-state index is 12.2. The number of carboxylic acid groups (broad SMARTS) is 1. The van der Waals surface area contributed by atoms with Gasteiger partial charge in [0.2, 0.25) is 0 Å². The zero-order valence-electron chi connectivity index (χ0n) is 15.6. The molecule has 0 aromatic heterocycles. The van der Waals surface area contributed by atoms with Crippen LogP contribution in [0.5, 0.6) is 5.75 Å². The predicted molar refractivity (Wildman–Crippen MR) is 106 cm³/mol. The summed E-state index contributed by atoms with van der Waals surface area (Å²) >= 11 is 4.20. The SMILES string of the molecule is CC(C)(C)C(=O)O.CCC(C(=O)Oc1ccc(S)cc1)c1ccccc1. The first-order chi connectivity index (χ1) is 12.1. The molecule has 0 fully saturated rings. The highest BCUT2D eigenvalue weighted by molar-refractivity contribution is 7.80. The number of hydrogen-bond donors (Lipinski definition) is 2. The maximum absolute atomic E-state index is 12.2. The van der Waals surface area contributed by atoms with E-state index < -0.39 is 11.4 Å². The lowest BCUT2D eigenvalue weighted by Gasteiger charge is -2.14. The summed E-state index contributed by atoms with van der Waals surface area (Å²) in [5, 5.41) is 8.25. The third-order valence-electron chi connectivity index (χ3n) is 3.59. The number of carbonyl (C=O) groups is 2. The predicted octanol–water partition coefficient (Wildman–Crippen LogP) is 5.19. The molecule has 0 saturated heterocycles. The molecular formula is C21H26O4S. The second kappa shape index (κ2) is 10.0. The second-order valence-electron chi connectivity index (χ2n) is 6.84. The fraction of sp³-hybridized carbons (Fsp3) is 0.333. The molecular weight excluding hydrogens is 348 g/mol. The molecule has 0 saturated carbocycles. The lowest BCUT2D eigenvalue weighted by Crippen LogP contribution is -2.18. The molecule has 5 heteroatoms. The normalized spacial score (nSPS) is 11.7. The lowest BCUT2D eigenvalue weighted by molar-refractivity contribution is -0.145. The van der Waals surface area contributed by atoms with Gasteiger partial charge < -0.3 is 9.84 Å². The topological polar surface area (TPSA) is 63.6 Å². The molecule has 0 aliphatic heterocycles. The van der Waals surface area contributed by atoms with E-state index in [0.29, 0.717) is 12.2 Å². The van der Waals surface area contributed by atoms with Crippen LogP contribution in [-0.2, 0) is 9.59 Å². The fourth-order valence-electron chi connectivity index (χ4n) is 1.93. The molecule has 1 unspecified atom stereocenters. The Hall–Kier alpha value is -2.27. The van der Waals surface area contributed by atoms with Crippen LogP contribution >= 0.6 is 12.6 Å². The number of benzene rings is 2. The highest BCUT2D eigenvalue weighted by Crippen LogP contribution is 2.23. The van der Waals surface area contributed by atoms with Crippen LogP contribution in [0.3, 0.4) is 0 Å². The van der Waals surface area contributed by atoms with Crippen molar-refractivity contribution in [1.29, 1.82) is 0 Å². The number of aliphatic carboxylic acids is 1. The Morgan fingerprint density at radius 3 is 1.96 bits per heavy atom. The van der Waals surface area contributed by atoms with Crippen LogP contribution in [0.1, 0.15) is 45.6 Å². The molecule has 0 bridgehead atoms. The van der Waals surface area contributed by atoms with Gasteiger partial charge in [-0.15, -0.1) is 12.6 Å². The summed E-state index contributed by atoms with van der Waals surface area (Å²) in [4.78, 5) is 23.1. The number of carbonyl (C=O) groups excluding carboxylic acids is 1. The number of carboxylic acids is 1. The molecule has 0 amide bonds. The van der Waals surface area contributed by atoms with Crippen molar-refractivity contribution in [3.63, 3.8) is 0 Å². The van der Waals surface area contributed by atoms with E-state index in [1.54, 1.807) is 45.0 Å². The van der Waals surface area contributed by atoms with Crippen molar-refractivity contribution >= 4 is 24.6 Å². The van der Waals surface area contributed by atoms with Gasteiger partial charge in [-0.25, -0.2) is 0 Å². The number of ether oxygens (including phenoxy) is 1. The highest BCUT2D eigenvalue weighted by Gasteiger charge is 2.20. The minimum absolute atomic E-state index is 0.222. The average molecular weight is 375 g/mol. The minimum Gasteiger partial charge on any atom is -0.481 e. The quantitative estimate of drug-likeness (QED) is 0.439. The fourth-order valence-corrected chi connectivity index (χ4v) is 2.07. The summed E-state index contributed by atoms with van der Waals surface area (Å²) in [5.74, 6) is -0.651. The Morgan fingerprint density at radius 2 is 1.54 bits per heavy atom. The van der Waals surface area contributed by atoms with Crippen molar-refractivity contribution in [2.45, 2.75) is 44.9 Å². The van der Waals surface area contributed by atoms with Crippen molar-refractivity contribution in [2.24, 2.45) is 5.41 Å². The molecule has 1 N–H and O–H groups in total. The van der Waals surface area contributed by atoms with E-state index in [4.69, 9.17) is 9.84 Å². The molecule has 1 atom stereocenters. The van der Waals surface area contributed by atoms with E-state index in [1.165, 1.54) is 0 Å². The van der Waals surface area contributed by atoms with Crippen LogP contribution in [0.4, 0.5) is 0 Å². The van der Waals surface area contributed by atoms with Gasteiger partial charge in [0.05, 0.1) is 11.3 Å². The summed E-state index contributed by atoms with van der Waals surface area (Å²) in [6.45, 7) is 6.97. The van der Waals surface area contributed by atoms with Gasteiger partial charge in [-0.05, 0) is 57.0 Å². The zero-order chi connectivity index (χ0) is 19.7. The standard InChI is InChI=1S/C16H16O2S.C5H10O2/c1-2-15(12-6-4-3-5-7-12)16(17)18-13-8-10-14(19)11-9-13;1-5(2,3)4(6)7/h3-11,15,19H,2H2,1H3;1-3H3,(H,6,7). The summed E-state index contributed by atoms with van der Waals surface area (Å²) in [7, 11) is 0. The van der Waals surface area contributed by atoms with Crippen molar-refractivity contribution < 1.29 is 19.4 Å². The van der Waals surface area contributed by atoms with E-state index in [-0.39, 0.29) is 11.9 Å². The first-order valence-electron chi connectivity index (χ1n) is 8.44. The summed E-state index contributed by atoms with van der Waals surface area (Å²) in [6, 6.07) is 16.8. The van der Waals surface area contributed by atoms with Crippen LogP contribution in [0.15, 0.2) is 59.5 Å². The number of esters is 1. The Kier molecular flexibility index (Phi) is 8.39. The van der Waals surface area contributed by atoms with Gasteiger partial charge in [-0.3, -0.25) is 9.59 Å². The van der Waals surface area contributed by atoms with Gasteiger partial charge in [0.15, 0.2) is 0 Å². The van der Waals surface area contributed by atoms with Gasteiger partial charge in [-0.1, -0.05) is 37.3 Å². The van der Waals surface area contributed by atoms with Crippen LogP contribution in [0, 0.1) is 5.41 Å². The van der Waals surface area contributed by atoms with Crippen molar-refractivity contribution in [3.8, 4) is 5.75 Å². The van der Waals surface area contributed by atoms with Crippen molar-refractivity contribution in [3.05, 3.63) is 60.2 Å². The zero-order valence-corrected chi connectivity index (χ0v) is 16.5.